The standard InChI is InChI=1S/C22H15N3O/c23-15-19-18-13-7-8-14-20(18)25(26)22(19)21(16-9-3-1-4-10-16)24-17-11-5-2-6-12-17/h1-14,26H. The first-order valence-corrected chi connectivity index (χ1v) is 8.22. The summed E-state index contributed by atoms with van der Waals surface area (Å²) in [5, 5.41) is 21.3. The zero-order valence-electron chi connectivity index (χ0n) is 13.9. The molecule has 4 rings (SSSR count). The van der Waals surface area contributed by atoms with Gasteiger partial charge in [-0.15, -0.1) is 0 Å². The Morgan fingerprint density at radius 1 is 0.846 bits per heavy atom. The molecule has 0 saturated heterocycles. The third-order valence-corrected chi connectivity index (χ3v) is 4.23. The van der Waals surface area contributed by atoms with Gasteiger partial charge in [-0.2, -0.15) is 9.99 Å². The quantitative estimate of drug-likeness (QED) is 0.426. The Labute approximate surface area is 150 Å². The van der Waals surface area contributed by atoms with Gasteiger partial charge >= 0.3 is 0 Å². The van der Waals surface area contributed by atoms with Gasteiger partial charge in [-0.05, 0) is 18.2 Å². The van der Waals surface area contributed by atoms with Crippen molar-refractivity contribution in [2.24, 2.45) is 4.99 Å². The van der Waals surface area contributed by atoms with E-state index in [0.29, 0.717) is 27.9 Å². The molecule has 0 aliphatic rings. The van der Waals surface area contributed by atoms with Gasteiger partial charge in [0.25, 0.3) is 0 Å². The van der Waals surface area contributed by atoms with Crippen molar-refractivity contribution in [3.05, 3.63) is 102 Å². The summed E-state index contributed by atoms with van der Waals surface area (Å²) in [6.45, 7) is 0. The van der Waals surface area contributed by atoms with Gasteiger partial charge in [-0.25, -0.2) is 4.99 Å². The lowest BCUT2D eigenvalue weighted by molar-refractivity contribution is 0.198. The summed E-state index contributed by atoms with van der Waals surface area (Å²) in [6, 6.07) is 28.6. The second-order valence-corrected chi connectivity index (χ2v) is 5.83. The highest BCUT2D eigenvalue weighted by molar-refractivity contribution is 6.17. The van der Waals surface area contributed by atoms with Crippen LogP contribution in [0.25, 0.3) is 10.9 Å². The van der Waals surface area contributed by atoms with E-state index >= 15 is 0 Å². The lowest BCUT2D eigenvalue weighted by Crippen LogP contribution is -2.11. The SMILES string of the molecule is N#Cc1c(C(=Nc2ccccc2)c2ccccc2)n(O)c2ccccc12. The van der Waals surface area contributed by atoms with E-state index in [1.54, 1.807) is 6.07 Å². The van der Waals surface area contributed by atoms with E-state index in [9.17, 15) is 10.5 Å². The van der Waals surface area contributed by atoms with Crippen molar-refractivity contribution in [2.75, 3.05) is 0 Å². The molecule has 1 aromatic heterocycles. The maximum atomic E-state index is 10.8. The zero-order valence-corrected chi connectivity index (χ0v) is 13.9. The molecule has 0 radical (unpaired) electrons. The van der Waals surface area contributed by atoms with Gasteiger partial charge < -0.3 is 5.21 Å². The van der Waals surface area contributed by atoms with E-state index in [-0.39, 0.29) is 0 Å². The average molecular weight is 337 g/mol. The van der Waals surface area contributed by atoms with Crippen LogP contribution >= 0.6 is 0 Å². The van der Waals surface area contributed by atoms with Crippen LogP contribution in [0.2, 0.25) is 0 Å². The maximum Gasteiger partial charge on any atom is 0.125 e. The minimum absolute atomic E-state index is 0.392. The van der Waals surface area contributed by atoms with Crippen LogP contribution in [0.1, 0.15) is 16.8 Å². The Morgan fingerprint density at radius 3 is 2.15 bits per heavy atom. The molecule has 26 heavy (non-hydrogen) atoms. The first kappa shape index (κ1) is 15.7. The molecule has 0 amide bonds. The van der Waals surface area contributed by atoms with Crippen LogP contribution in [-0.2, 0) is 0 Å². The Kier molecular flexibility index (Phi) is 3.97. The lowest BCUT2D eigenvalue weighted by atomic mass is 10.0. The van der Waals surface area contributed by atoms with Crippen LogP contribution in [0.3, 0.4) is 0 Å². The van der Waals surface area contributed by atoms with Gasteiger partial charge in [-0.3, -0.25) is 0 Å². The predicted molar refractivity (Wildman–Crippen MR) is 102 cm³/mol. The van der Waals surface area contributed by atoms with Gasteiger partial charge in [0.1, 0.15) is 11.8 Å². The van der Waals surface area contributed by atoms with E-state index in [1.165, 1.54) is 0 Å². The molecular weight excluding hydrogens is 322 g/mol. The van der Waals surface area contributed by atoms with E-state index in [4.69, 9.17) is 4.99 Å². The van der Waals surface area contributed by atoms with E-state index in [0.717, 1.165) is 16.0 Å². The molecule has 0 aliphatic carbocycles. The highest BCUT2D eigenvalue weighted by atomic mass is 16.5. The largest absolute Gasteiger partial charge is 0.428 e. The van der Waals surface area contributed by atoms with Crippen molar-refractivity contribution in [2.45, 2.75) is 0 Å². The molecule has 124 valence electrons. The highest BCUT2D eigenvalue weighted by Crippen LogP contribution is 2.28. The van der Waals surface area contributed by atoms with Crippen LogP contribution in [0, 0.1) is 11.3 Å². The van der Waals surface area contributed by atoms with Crippen molar-refractivity contribution in [1.82, 2.24) is 4.73 Å². The van der Waals surface area contributed by atoms with Crippen LogP contribution < -0.4 is 0 Å². The Bertz CT molecular complexity index is 1140. The molecule has 3 aromatic carbocycles. The minimum atomic E-state index is 0.392. The molecule has 0 bridgehead atoms. The molecular formula is C22H15N3O. The monoisotopic (exact) mass is 337 g/mol. The van der Waals surface area contributed by atoms with Gasteiger partial charge in [0, 0.05) is 10.9 Å². The summed E-state index contributed by atoms with van der Waals surface area (Å²) in [5.41, 5.74) is 3.50. The molecule has 4 aromatic rings. The Balaban J connectivity index is 2.06. The Hall–Kier alpha value is -3.84. The fourth-order valence-electron chi connectivity index (χ4n) is 3.04. The molecule has 4 nitrogen and oxygen atoms in total. The van der Waals surface area contributed by atoms with Crippen LogP contribution in [-0.4, -0.2) is 15.6 Å². The summed E-state index contributed by atoms with van der Waals surface area (Å²) in [6.07, 6.45) is 0. The van der Waals surface area contributed by atoms with Gasteiger partial charge in [0.15, 0.2) is 0 Å². The Morgan fingerprint density at radius 2 is 1.46 bits per heavy atom. The summed E-state index contributed by atoms with van der Waals surface area (Å²) < 4.78 is 1.06. The van der Waals surface area contributed by atoms with Crippen molar-refractivity contribution in [1.29, 1.82) is 5.26 Å². The van der Waals surface area contributed by atoms with E-state index < -0.39 is 0 Å². The number of fused-ring (bicyclic) bond motifs is 1. The summed E-state index contributed by atoms with van der Waals surface area (Å²) >= 11 is 0. The number of benzene rings is 3. The van der Waals surface area contributed by atoms with Crippen molar-refractivity contribution >= 4 is 22.3 Å². The van der Waals surface area contributed by atoms with Gasteiger partial charge in [0.2, 0.25) is 0 Å². The second-order valence-electron chi connectivity index (χ2n) is 5.83. The summed E-state index contributed by atoms with van der Waals surface area (Å²) in [7, 11) is 0. The third-order valence-electron chi connectivity index (χ3n) is 4.23. The number of rotatable bonds is 3. The third kappa shape index (κ3) is 2.62. The maximum absolute atomic E-state index is 10.8. The average Bonchev–Trinajstić information content (AvgIpc) is 2.99. The summed E-state index contributed by atoms with van der Waals surface area (Å²) in [5.74, 6) is 0. The lowest BCUT2D eigenvalue weighted by Gasteiger charge is -2.09. The fraction of sp³-hybridized carbons (Fsp3) is 0. The van der Waals surface area contributed by atoms with Gasteiger partial charge in [-0.1, -0.05) is 66.7 Å². The smallest absolute Gasteiger partial charge is 0.125 e. The highest BCUT2D eigenvalue weighted by Gasteiger charge is 2.22. The fourth-order valence-corrected chi connectivity index (χ4v) is 3.04. The number of para-hydroxylation sites is 2. The molecule has 1 N–H and O–H groups in total. The van der Waals surface area contributed by atoms with E-state index in [2.05, 4.69) is 6.07 Å². The number of aliphatic imine (C=N–C) groups is 1. The number of aromatic nitrogens is 1. The number of hydrogen-bond acceptors (Lipinski definition) is 3. The molecule has 0 atom stereocenters. The van der Waals surface area contributed by atoms with Crippen molar-refractivity contribution < 1.29 is 5.21 Å². The van der Waals surface area contributed by atoms with Crippen molar-refractivity contribution in [3.8, 4) is 6.07 Å². The topological polar surface area (TPSA) is 61.3 Å². The first-order chi connectivity index (χ1) is 12.8. The number of nitriles is 1. The molecule has 1 heterocycles. The zero-order chi connectivity index (χ0) is 17.9. The number of nitrogens with zero attached hydrogens (tertiary/aromatic N) is 3. The molecule has 0 saturated carbocycles. The van der Waals surface area contributed by atoms with E-state index in [1.807, 2.05) is 78.9 Å². The van der Waals surface area contributed by atoms with Crippen LogP contribution in [0.4, 0.5) is 5.69 Å². The van der Waals surface area contributed by atoms with Gasteiger partial charge in [0.05, 0.1) is 22.5 Å². The molecule has 0 unspecified atom stereocenters. The van der Waals surface area contributed by atoms with Crippen LogP contribution in [0.5, 0.6) is 0 Å². The first-order valence-electron chi connectivity index (χ1n) is 8.22. The van der Waals surface area contributed by atoms with Crippen LogP contribution in [0.15, 0.2) is 89.9 Å². The molecule has 0 fully saturated rings. The molecule has 0 aliphatic heterocycles. The number of hydrogen-bond donors (Lipinski definition) is 1. The second kappa shape index (κ2) is 6.58. The normalized spacial score (nSPS) is 11.4. The molecule has 0 spiro atoms. The predicted octanol–water partition coefficient (Wildman–Crippen LogP) is 4.92. The molecule has 4 heteroatoms. The summed E-state index contributed by atoms with van der Waals surface area (Å²) in [4.78, 5) is 4.75. The van der Waals surface area contributed by atoms with Crippen molar-refractivity contribution in [3.63, 3.8) is 0 Å². The minimum Gasteiger partial charge on any atom is -0.428 e.